The molecule has 0 heterocycles. The van der Waals surface area contributed by atoms with Crippen LogP contribution >= 0.6 is 0 Å². The van der Waals surface area contributed by atoms with Gasteiger partial charge in [0.15, 0.2) is 0 Å². The number of carbonyl (C=O) groups excluding carboxylic acids is 2. The number of carbonyl (C=O) groups is 2. The van der Waals surface area contributed by atoms with Crippen LogP contribution < -0.4 is 5.32 Å². The molecule has 3 aromatic carbocycles. The zero-order valence-electron chi connectivity index (χ0n) is 15.6. The third-order valence-electron chi connectivity index (χ3n) is 4.70. The summed E-state index contributed by atoms with van der Waals surface area (Å²) in [5.41, 5.74) is 1.30. The topological polar surface area (TPSA) is 46.2 Å². The number of nitrogens with one attached hydrogen (secondary N) is 1. The molecule has 1 amide bonds. The fourth-order valence-electron chi connectivity index (χ4n) is 3.17. The molecule has 0 aromatic heterocycles. The highest BCUT2D eigenvalue weighted by Gasteiger charge is 2.30. The molecule has 0 spiro atoms. The van der Waals surface area contributed by atoms with Gasteiger partial charge in [0.1, 0.15) is 6.29 Å². The normalized spacial score (nSPS) is 11.4. The predicted octanol–water partition coefficient (Wildman–Crippen LogP) is 5.62. The molecule has 0 saturated heterocycles. The van der Waals surface area contributed by atoms with Crippen LogP contribution in [0, 0.1) is 0 Å². The van der Waals surface area contributed by atoms with Gasteiger partial charge >= 0.3 is 6.18 Å². The van der Waals surface area contributed by atoms with Gasteiger partial charge in [-0.3, -0.25) is 4.79 Å². The van der Waals surface area contributed by atoms with E-state index in [4.69, 9.17) is 0 Å². The van der Waals surface area contributed by atoms with Gasteiger partial charge in [-0.1, -0.05) is 36.4 Å². The van der Waals surface area contributed by atoms with Crippen molar-refractivity contribution in [2.45, 2.75) is 25.4 Å². The minimum Gasteiger partial charge on any atom is -0.352 e. The highest BCUT2D eigenvalue weighted by molar-refractivity contribution is 6.02. The number of hydrogen-bond donors (Lipinski definition) is 1. The molecule has 0 aliphatic heterocycles. The van der Waals surface area contributed by atoms with Crippen LogP contribution in [0.4, 0.5) is 13.2 Å². The summed E-state index contributed by atoms with van der Waals surface area (Å²) in [6.45, 7) is 0.496. The highest BCUT2D eigenvalue weighted by atomic mass is 19.4. The molecule has 0 aliphatic carbocycles. The van der Waals surface area contributed by atoms with E-state index in [1.165, 1.54) is 12.1 Å². The standard InChI is InChI=1S/C23H20F3NO2/c24-23(25,26)19-10-7-16(8-11-19)20-6-4-5-17-15-18(9-12-21(17)20)22(29)27-13-2-1-3-14-28/h4-12,14-15H,1-3,13H2,(H,27,29). The molecule has 0 saturated carbocycles. The van der Waals surface area contributed by atoms with Crippen molar-refractivity contribution in [3.63, 3.8) is 0 Å². The van der Waals surface area contributed by atoms with Gasteiger partial charge in [0.05, 0.1) is 5.56 Å². The first-order valence-corrected chi connectivity index (χ1v) is 9.32. The first-order chi connectivity index (χ1) is 13.9. The molecule has 6 heteroatoms. The Labute approximate surface area is 166 Å². The molecule has 0 bridgehead atoms. The summed E-state index contributed by atoms with van der Waals surface area (Å²) in [5, 5.41) is 4.51. The van der Waals surface area contributed by atoms with Gasteiger partial charge in [-0.25, -0.2) is 0 Å². The minimum absolute atomic E-state index is 0.196. The average molecular weight is 399 g/mol. The molecule has 0 unspecified atom stereocenters. The van der Waals surface area contributed by atoms with Crippen LogP contribution in [0.1, 0.15) is 35.2 Å². The number of aldehydes is 1. The van der Waals surface area contributed by atoms with E-state index in [9.17, 15) is 22.8 Å². The summed E-state index contributed by atoms with van der Waals surface area (Å²) < 4.78 is 38.4. The number of benzene rings is 3. The Kier molecular flexibility index (Phi) is 6.32. The SMILES string of the molecule is O=CCCCCNC(=O)c1ccc2c(-c3ccc(C(F)(F)F)cc3)cccc2c1. The Morgan fingerprint density at radius 3 is 2.41 bits per heavy atom. The summed E-state index contributed by atoms with van der Waals surface area (Å²) >= 11 is 0. The fraction of sp³-hybridized carbons (Fsp3) is 0.217. The van der Waals surface area contributed by atoms with E-state index in [1.54, 1.807) is 12.1 Å². The maximum absolute atomic E-state index is 12.8. The molecule has 0 fully saturated rings. The van der Waals surface area contributed by atoms with Crippen molar-refractivity contribution < 1.29 is 22.8 Å². The molecular weight excluding hydrogens is 379 g/mol. The van der Waals surface area contributed by atoms with Crippen molar-refractivity contribution in [1.82, 2.24) is 5.32 Å². The molecule has 3 nitrogen and oxygen atoms in total. The maximum Gasteiger partial charge on any atom is 0.416 e. The number of hydrogen-bond acceptors (Lipinski definition) is 2. The zero-order valence-corrected chi connectivity index (χ0v) is 15.6. The summed E-state index contributed by atoms with van der Waals surface area (Å²) in [5.74, 6) is -0.196. The second-order valence-corrected chi connectivity index (χ2v) is 6.73. The van der Waals surface area contributed by atoms with Crippen molar-refractivity contribution in [3.05, 3.63) is 71.8 Å². The van der Waals surface area contributed by atoms with E-state index in [0.717, 1.165) is 47.6 Å². The molecule has 1 N–H and O–H groups in total. The van der Waals surface area contributed by atoms with Crippen LogP contribution in [0.5, 0.6) is 0 Å². The molecule has 3 rings (SSSR count). The second kappa shape index (κ2) is 8.90. The fourth-order valence-corrected chi connectivity index (χ4v) is 3.17. The quantitative estimate of drug-likeness (QED) is 0.414. The van der Waals surface area contributed by atoms with Crippen LogP contribution in [0.15, 0.2) is 60.7 Å². The molecule has 0 radical (unpaired) electrons. The van der Waals surface area contributed by atoms with Crippen LogP contribution in [-0.2, 0) is 11.0 Å². The van der Waals surface area contributed by atoms with E-state index in [2.05, 4.69) is 5.32 Å². The number of fused-ring (bicyclic) bond motifs is 1. The molecule has 0 aliphatic rings. The zero-order chi connectivity index (χ0) is 20.9. The summed E-state index contributed by atoms with van der Waals surface area (Å²) in [4.78, 5) is 22.6. The third-order valence-corrected chi connectivity index (χ3v) is 4.70. The van der Waals surface area contributed by atoms with E-state index in [-0.39, 0.29) is 5.91 Å². The Balaban J connectivity index is 1.81. The number of unbranched alkanes of at least 4 members (excludes halogenated alkanes) is 2. The van der Waals surface area contributed by atoms with Crippen LogP contribution in [-0.4, -0.2) is 18.7 Å². The number of alkyl halides is 3. The largest absolute Gasteiger partial charge is 0.416 e. The van der Waals surface area contributed by atoms with Gasteiger partial charge in [0.25, 0.3) is 5.91 Å². The molecular formula is C23H20F3NO2. The lowest BCUT2D eigenvalue weighted by molar-refractivity contribution is -0.137. The minimum atomic E-state index is -4.37. The van der Waals surface area contributed by atoms with Crippen LogP contribution in [0.25, 0.3) is 21.9 Å². The van der Waals surface area contributed by atoms with Crippen LogP contribution in [0.3, 0.4) is 0 Å². The lowest BCUT2D eigenvalue weighted by Gasteiger charge is -2.11. The first kappa shape index (κ1) is 20.6. The van der Waals surface area contributed by atoms with E-state index >= 15 is 0 Å². The Morgan fingerprint density at radius 1 is 0.966 bits per heavy atom. The lowest BCUT2D eigenvalue weighted by atomic mass is 9.96. The Hall–Kier alpha value is -3.15. The molecule has 29 heavy (non-hydrogen) atoms. The van der Waals surface area contributed by atoms with Crippen molar-refractivity contribution in [1.29, 1.82) is 0 Å². The van der Waals surface area contributed by atoms with Gasteiger partial charge < -0.3 is 10.1 Å². The van der Waals surface area contributed by atoms with Crippen LogP contribution in [0.2, 0.25) is 0 Å². The van der Waals surface area contributed by atoms with E-state index in [0.29, 0.717) is 24.1 Å². The predicted molar refractivity (Wildman–Crippen MR) is 107 cm³/mol. The monoisotopic (exact) mass is 399 g/mol. The van der Waals surface area contributed by atoms with Crippen molar-refractivity contribution in [2.24, 2.45) is 0 Å². The van der Waals surface area contributed by atoms with Gasteiger partial charge in [-0.05, 0) is 59.0 Å². The van der Waals surface area contributed by atoms with Gasteiger partial charge in [-0.15, -0.1) is 0 Å². The van der Waals surface area contributed by atoms with E-state index < -0.39 is 11.7 Å². The number of rotatable bonds is 7. The number of amides is 1. The van der Waals surface area contributed by atoms with Gasteiger partial charge in [0, 0.05) is 18.5 Å². The summed E-state index contributed by atoms with van der Waals surface area (Å²) in [7, 11) is 0. The third kappa shape index (κ3) is 5.02. The van der Waals surface area contributed by atoms with Crippen molar-refractivity contribution >= 4 is 23.0 Å². The van der Waals surface area contributed by atoms with Crippen molar-refractivity contribution in [2.75, 3.05) is 6.54 Å². The molecule has 150 valence electrons. The van der Waals surface area contributed by atoms with Crippen molar-refractivity contribution in [3.8, 4) is 11.1 Å². The molecule has 0 atom stereocenters. The average Bonchev–Trinajstić information content (AvgIpc) is 2.72. The highest BCUT2D eigenvalue weighted by Crippen LogP contribution is 2.33. The first-order valence-electron chi connectivity index (χ1n) is 9.32. The molecule has 3 aromatic rings. The second-order valence-electron chi connectivity index (χ2n) is 6.73. The summed E-state index contributed by atoms with van der Waals surface area (Å²) in [6, 6.07) is 15.9. The number of halogens is 3. The van der Waals surface area contributed by atoms with Gasteiger partial charge in [0.2, 0.25) is 0 Å². The smallest absolute Gasteiger partial charge is 0.352 e. The van der Waals surface area contributed by atoms with Gasteiger partial charge in [-0.2, -0.15) is 13.2 Å². The summed E-state index contributed by atoms with van der Waals surface area (Å²) in [6.07, 6.45) is -1.56. The lowest BCUT2D eigenvalue weighted by Crippen LogP contribution is -2.24. The maximum atomic E-state index is 12.8. The Morgan fingerprint density at radius 2 is 1.72 bits per heavy atom. The Bertz CT molecular complexity index is 1010. The van der Waals surface area contributed by atoms with E-state index in [1.807, 2.05) is 24.3 Å².